The maximum atomic E-state index is 5.57. The Labute approximate surface area is 104 Å². The molecule has 0 aliphatic heterocycles. The van der Waals surface area contributed by atoms with Crippen LogP contribution in [0.4, 0.5) is 0 Å². The van der Waals surface area contributed by atoms with Crippen LogP contribution in [0.25, 0.3) is 0 Å². The van der Waals surface area contributed by atoms with Crippen LogP contribution in [0, 0.1) is 0 Å². The van der Waals surface area contributed by atoms with E-state index in [1.165, 1.54) is 31.2 Å². The second kappa shape index (κ2) is 6.12. The molecule has 3 nitrogen and oxygen atoms in total. The highest BCUT2D eigenvalue weighted by atomic mass is 16.5. The zero-order valence-electron chi connectivity index (χ0n) is 10.7. The number of hydrogen-bond acceptors (Lipinski definition) is 3. The zero-order chi connectivity index (χ0) is 12.1. The van der Waals surface area contributed by atoms with Crippen molar-refractivity contribution in [3.8, 4) is 0 Å². The van der Waals surface area contributed by atoms with Gasteiger partial charge in [0.2, 0.25) is 0 Å². The number of rotatable bonds is 4. The van der Waals surface area contributed by atoms with Crippen LogP contribution in [0.15, 0.2) is 24.5 Å². The summed E-state index contributed by atoms with van der Waals surface area (Å²) in [4.78, 5) is 4.05. The molecule has 1 aromatic heterocycles. The van der Waals surface area contributed by atoms with Crippen molar-refractivity contribution in [3.63, 3.8) is 0 Å². The molecule has 1 heterocycles. The largest absolute Gasteiger partial charge is 0.380 e. The molecule has 94 valence electrons. The summed E-state index contributed by atoms with van der Waals surface area (Å²) in [5.74, 6) is 0. The summed E-state index contributed by atoms with van der Waals surface area (Å²) >= 11 is 0. The fraction of sp³-hybridized carbons (Fsp3) is 0.643. The van der Waals surface area contributed by atoms with Gasteiger partial charge in [0.05, 0.1) is 6.10 Å². The summed E-state index contributed by atoms with van der Waals surface area (Å²) in [5, 5.41) is 3.68. The first-order valence-electron chi connectivity index (χ1n) is 6.50. The number of nitrogens with one attached hydrogen (secondary N) is 1. The topological polar surface area (TPSA) is 34.1 Å². The van der Waals surface area contributed by atoms with Crippen LogP contribution in [-0.4, -0.2) is 24.2 Å². The van der Waals surface area contributed by atoms with Crippen LogP contribution in [0.5, 0.6) is 0 Å². The molecule has 17 heavy (non-hydrogen) atoms. The molecule has 1 fully saturated rings. The van der Waals surface area contributed by atoms with Crippen molar-refractivity contribution in [2.24, 2.45) is 0 Å². The van der Waals surface area contributed by atoms with E-state index in [2.05, 4.69) is 29.4 Å². The van der Waals surface area contributed by atoms with E-state index in [0.717, 1.165) is 0 Å². The minimum atomic E-state index is 0.360. The van der Waals surface area contributed by atoms with Crippen LogP contribution in [-0.2, 0) is 4.74 Å². The van der Waals surface area contributed by atoms with E-state index in [4.69, 9.17) is 4.74 Å². The van der Waals surface area contributed by atoms with E-state index >= 15 is 0 Å². The Morgan fingerprint density at radius 2 is 2.00 bits per heavy atom. The van der Waals surface area contributed by atoms with Gasteiger partial charge in [0, 0.05) is 31.6 Å². The van der Waals surface area contributed by atoms with Gasteiger partial charge < -0.3 is 10.1 Å². The Morgan fingerprint density at radius 3 is 2.71 bits per heavy atom. The first-order valence-corrected chi connectivity index (χ1v) is 6.50. The molecule has 1 saturated carbocycles. The number of ether oxygens (including phenoxy) is 1. The number of methoxy groups -OCH3 is 1. The minimum absolute atomic E-state index is 0.360. The van der Waals surface area contributed by atoms with Gasteiger partial charge in [0.15, 0.2) is 0 Å². The molecular weight excluding hydrogens is 212 g/mol. The van der Waals surface area contributed by atoms with E-state index in [9.17, 15) is 0 Å². The van der Waals surface area contributed by atoms with Crippen LogP contribution in [0.2, 0.25) is 0 Å². The maximum Gasteiger partial charge on any atom is 0.0724 e. The van der Waals surface area contributed by atoms with Crippen molar-refractivity contribution in [2.75, 3.05) is 7.11 Å². The summed E-state index contributed by atoms with van der Waals surface area (Å²) in [6, 6.07) is 4.99. The van der Waals surface area contributed by atoms with E-state index in [0.29, 0.717) is 18.2 Å². The highest BCUT2D eigenvalue weighted by Gasteiger charge is 2.25. The fourth-order valence-corrected chi connectivity index (χ4v) is 2.64. The first-order chi connectivity index (χ1) is 8.31. The van der Waals surface area contributed by atoms with Crippen molar-refractivity contribution in [1.29, 1.82) is 0 Å². The van der Waals surface area contributed by atoms with Gasteiger partial charge in [-0.25, -0.2) is 0 Å². The first kappa shape index (κ1) is 12.5. The normalized spacial score (nSPS) is 26.7. The molecule has 3 atom stereocenters. The van der Waals surface area contributed by atoms with Gasteiger partial charge in [-0.2, -0.15) is 0 Å². The lowest BCUT2D eigenvalue weighted by Crippen LogP contribution is -2.44. The number of nitrogens with zero attached hydrogens (tertiary/aromatic N) is 1. The Balaban J connectivity index is 1.95. The summed E-state index contributed by atoms with van der Waals surface area (Å²) < 4.78 is 5.57. The molecule has 0 radical (unpaired) electrons. The van der Waals surface area contributed by atoms with Crippen LogP contribution < -0.4 is 5.32 Å². The van der Waals surface area contributed by atoms with Gasteiger partial charge in [0.25, 0.3) is 0 Å². The molecule has 0 saturated heterocycles. The standard InChI is InChI=1S/C14H22N2O/c1-11(12-7-9-15-10-8-12)16-13-5-3-4-6-14(13)17-2/h7-11,13-14,16H,3-6H2,1-2H3/t11-,13?,14?/m1/s1. The van der Waals surface area contributed by atoms with E-state index < -0.39 is 0 Å². The second-order valence-electron chi connectivity index (χ2n) is 4.83. The number of aromatic nitrogens is 1. The molecule has 0 aromatic carbocycles. The van der Waals surface area contributed by atoms with Gasteiger partial charge in [0.1, 0.15) is 0 Å². The predicted octanol–water partition coefficient (Wildman–Crippen LogP) is 2.69. The molecular formula is C14H22N2O. The zero-order valence-corrected chi connectivity index (χ0v) is 10.7. The minimum Gasteiger partial charge on any atom is -0.380 e. The Kier molecular flexibility index (Phi) is 4.51. The Morgan fingerprint density at radius 1 is 1.29 bits per heavy atom. The monoisotopic (exact) mass is 234 g/mol. The molecule has 1 N–H and O–H groups in total. The third-order valence-corrected chi connectivity index (χ3v) is 3.68. The smallest absolute Gasteiger partial charge is 0.0724 e. The van der Waals surface area contributed by atoms with Crippen molar-refractivity contribution >= 4 is 0 Å². The second-order valence-corrected chi connectivity index (χ2v) is 4.83. The van der Waals surface area contributed by atoms with Crippen molar-refractivity contribution in [1.82, 2.24) is 10.3 Å². The van der Waals surface area contributed by atoms with Crippen LogP contribution >= 0.6 is 0 Å². The lowest BCUT2D eigenvalue weighted by atomic mass is 9.91. The third-order valence-electron chi connectivity index (χ3n) is 3.68. The predicted molar refractivity (Wildman–Crippen MR) is 68.8 cm³/mol. The number of pyridine rings is 1. The fourth-order valence-electron chi connectivity index (χ4n) is 2.64. The molecule has 2 rings (SSSR count). The quantitative estimate of drug-likeness (QED) is 0.869. The van der Waals surface area contributed by atoms with Gasteiger partial charge in [-0.05, 0) is 37.5 Å². The van der Waals surface area contributed by atoms with Crippen molar-refractivity contribution in [3.05, 3.63) is 30.1 Å². The van der Waals surface area contributed by atoms with E-state index in [1.807, 2.05) is 19.5 Å². The van der Waals surface area contributed by atoms with Crippen LogP contribution in [0.3, 0.4) is 0 Å². The third kappa shape index (κ3) is 3.27. The van der Waals surface area contributed by atoms with Gasteiger partial charge in [-0.3, -0.25) is 4.98 Å². The lowest BCUT2D eigenvalue weighted by Gasteiger charge is -2.33. The molecule has 1 aromatic rings. The molecule has 0 spiro atoms. The summed E-state index contributed by atoms with van der Waals surface area (Å²) in [6.45, 7) is 2.21. The molecule has 2 unspecified atom stereocenters. The number of hydrogen-bond donors (Lipinski definition) is 1. The van der Waals surface area contributed by atoms with Crippen LogP contribution in [0.1, 0.15) is 44.2 Å². The Bertz CT molecular complexity index is 328. The van der Waals surface area contributed by atoms with Gasteiger partial charge >= 0.3 is 0 Å². The maximum absolute atomic E-state index is 5.57. The Hall–Kier alpha value is -0.930. The highest BCUT2D eigenvalue weighted by molar-refractivity contribution is 5.14. The average molecular weight is 234 g/mol. The van der Waals surface area contributed by atoms with E-state index in [1.54, 1.807) is 0 Å². The molecule has 0 bridgehead atoms. The molecule has 3 heteroatoms. The van der Waals surface area contributed by atoms with E-state index in [-0.39, 0.29) is 0 Å². The summed E-state index contributed by atoms with van der Waals surface area (Å²) in [7, 11) is 1.82. The summed E-state index contributed by atoms with van der Waals surface area (Å²) in [5.41, 5.74) is 1.29. The highest BCUT2D eigenvalue weighted by Crippen LogP contribution is 2.23. The summed E-state index contributed by atoms with van der Waals surface area (Å²) in [6.07, 6.45) is 9.06. The molecule has 0 amide bonds. The van der Waals surface area contributed by atoms with Gasteiger partial charge in [-0.1, -0.05) is 12.8 Å². The molecule has 1 aliphatic rings. The van der Waals surface area contributed by atoms with Crippen molar-refractivity contribution < 1.29 is 4.74 Å². The van der Waals surface area contributed by atoms with Crippen molar-refractivity contribution in [2.45, 2.75) is 50.8 Å². The van der Waals surface area contributed by atoms with Gasteiger partial charge in [-0.15, -0.1) is 0 Å². The molecule has 1 aliphatic carbocycles. The SMILES string of the molecule is COC1CCCCC1N[C@H](C)c1ccncc1. The lowest BCUT2D eigenvalue weighted by molar-refractivity contribution is 0.0384. The average Bonchev–Trinajstić information content (AvgIpc) is 2.40.